The molecule has 1 aromatic heterocycles. The van der Waals surface area contributed by atoms with Crippen molar-refractivity contribution in [3.63, 3.8) is 0 Å². The summed E-state index contributed by atoms with van der Waals surface area (Å²) in [6.07, 6.45) is 2.84. The van der Waals surface area contributed by atoms with Crippen LogP contribution in [0.15, 0.2) is 70.2 Å². The van der Waals surface area contributed by atoms with Gasteiger partial charge in [0.15, 0.2) is 9.84 Å². The number of hydrogen-bond acceptors (Lipinski definition) is 4. The zero-order valence-corrected chi connectivity index (χ0v) is 17.8. The number of hydrogen-bond donors (Lipinski definition) is 1. The summed E-state index contributed by atoms with van der Waals surface area (Å²) < 4.78 is 25.1. The van der Waals surface area contributed by atoms with E-state index in [1.54, 1.807) is 18.3 Å². The molecule has 3 rings (SSSR count). The molecule has 1 heterocycles. The molecule has 0 bridgehead atoms. The minimum absolute atomic E-state index is 0.107. The highest BCUT2D eigenvalue weighted by atomic mass is 79.9. The third-order valence-corrected chi connectivity index (χ3v) is 5.82. The molecule has 0 aliphatic rings. The Kier molecular flexibility index (Phi) is 5.96. The quantitative estimate of drug-likeness (QED) is 0.622. The maximum Gasteiger partial charge on any atom is 0.251 e. The van der Waals surface area contributed by atoms with E-state index in [0.717, 1.165) is 27.5 Å². The zero-order chi connectivity index (χ0) is 20.3. The lowest BCUT2D eigenvalue weighted by Crippen LogP contribution is -2.23. The number of halogens is 1. The summed E-state index contributed by atoms with van der Waals surface area (Å²) in [5.41, 5.74) is 3.55. The first-order valence-electron chi connectivity index (χ1n) is 8.53. The van der Waals surface area contributed by atoms with E-state index >= 15 is 0 Å². The first kappa shape index (κ1) is 20.2. The van der Waals surface area contributed by atoms with Crippen molar-refractivity contribution in [1.29, 1.82) is 0 Å². The van der Waals surface area contributed by atoms with Gasteiger partial charge in [0.1, 0.15) is 0 Å². The number of amides is 1. The van der Waals surface area contributed by atoms with Gasteiger partial charge in [-0.05, 0) is 60.0 Å². The molecule has 28 heavy (non-hydrogen) atoms. The molecule has 0 spiro atoms. The second-order valence-corrected chi connectivity index (χ2v) is 9.45. The van der Waals surface area contributed by atoms with Gasteiger partial charge in [-0.15, -0.1) is 0 Å². The summed E-state index contributed by atoms with van der Waals surface area (Å²) in [7, 11) is -3.47. The number of carbonyl (C=O) groups excluding carboxylic acids is 1. The van der Waals surface area contributed by atoms with E-state index in [2.05, 4.69) is 26.2 Å². The van der Waals surface area contributed by atoms with Gasteiger partial charge >= 0.3 is 0 Å². The number of sulfone groups is 1. The lowest BCUT2D eigenvalue weighted by Gasteiger charge is -2.10. The SMILES string of the molecule is Cc1ccc(CNC(=O)c2cc(-c3ccc(Br)cc3)cc(S(C)(=O)=O)c2)cn1. The van der Waals surface area contributed by atoms with Crippen LogP contribution in [0.5, 0.6) is 0 Å². The van der Waals surface area contributed by atoms with Crippen LogP contribution in [0.2, 0.25) is 0 Å². The van der Waals surface area contributed by atoms with Crippen LogP contribution in [0.25, 0.3) is 11.1 Å². The van der Waals surface area contributed by atoms with E-state index in [9.17, 15) is 13.2 Å². The van der Waals surface area contributed by atoms with Crippen LogP contribution in [0.4, 0.5) is 0 Å². The van der Waals surface area contributed by atoms with E-state index in [4.69, 9.17) is 0 Å². The molecule has 7 heteroatoms. The Labute approximate surface area is 172 Å². The molecule has 0 unspecified atom stereocenters. The lowest BCUT2D eigenvalue weighted by molar-refractivity contribution is 0.0950. The summed E-state index contributed by atoms with van der Waals surface area (Å²) in [5, 5.41) is 2.82. The maximum atomic E-state index is 12.7. The van der Waals surface area contributed by atoms with Crippen molar-refractivity contribution in [2.75, 3.05) is 6.26 Å². The number of rotatable bonds is 5. The topological polar surface area (TPSA) is 76.1 Å². The first-order chi connectivity index (χ1) is 13.2. The average molecular weight is 459 g/mol. The standard InChI is InChI=1S/C21H19BrN2O3S/c1-14-3-4-15(12-23-14)13-24-21(25)18-9-17(10-20(11-18)28(2,26)27)16-5-7-19(22)8-6-16/h3-12H,13H2,1-2H3,(H,24,25). The number of aromatic nitrogens is 1. The van der Waals surface area contributed by atoms with Crippen molar-refractivity contribution >= 4 is 31.7 Å². The highest BCUT2D eigenvalue weighted by molar-refractivity contribution is 9.10. The van der Waals surface area contributed by atoms with Crippen LogP contribution in [-0.2, 0) is 16.4 Å². The van der Waals surface area contributed by atoms with Gasteiger partial charge in [0.25, 0.3) is 5.91 Å². The number of nitrogens with one attached hydrogen (secondary N) is 1. The van der Waals surface area contributed by atoms with Gasteiger partial charge in [-0.1, -0.05) is 34.1 Å². The molecule has 0 saturated carbocycles. The fourth-order valence-corrected chi connectivity index (χ4v) is 3.59. The van der Waals surface area contributed by atoms with E-state index in [1.165, 1.54) is 6.07 Å². The molecule has 1 amide bonds. The highest BCUT2D eigenvalue weighted by Crippen LogP contribution is 2.26. The Bertz CT molecular complexity index is 1110. The van der Waals surface area contributed by atoms with Crippen LogP contribution in [0.3, 0.4) is 0 Å². The van der Waals surface area contributed by atoms with Crippen molar-refractivity contribution in [3.8, 4) is 11.1 Å². The molecular weight excluding hydrogens is 440 g/mol. The third kappa shape index (κ3) is 5.05. The van der Waals surface area contributed by atoms with Gasteiger partial charge in [0, 0.05) is 34.7 Å². The summed E-state index contributed by atoms with van der Waals surface area (Å²) >= 11 is 3.38. The first-order valence-corrected chi connectivity index (χ1v) is 11.2. The lowest BCUT2D eigenvalue weighted by atomic mass is 10.0. The summed E-state index contributed by atoms with van der Waals surface area (Å²) in [4.78, 5) is 17.0. The largest absolute Gasteiger partial charge is 0.348 e. The van der Waals surface area contributed by atoms with Crippen molar-refractivity contribution < 1.29 is 13.2 Å². The molecule has 5 nitrogen and oxygen atoms in total. The molecule has 3 aromatic rings. The van der Waals surface area contributed by atoms with Crippen LogP contribution >= 0.6 is 15.9 Å². The number of nitrogens with zero attached hydrogens (tertiary/aromatic N) is 1. The Morgan fingerprint density at radius 3 is 2.36 bits per heavy atom. The van der Waals surface area contributed by atoms with Gasteiger partial charge in [0.2, 0.25) is 0 Å². The molecule has 0 aliphatic heterocycles. The predicted octanol–water partition coefficient (Wildman–Crippen LogP) is 4.15. The molecule has 0 aliphatic carbocycles. The van der Waals surface area contributed by atoms with Gasteiger partial charge in [-0.3, -0.25) is 9.78 Å². The smallest absolute Gasteiger partial charge is 0.251 e. The average Bonchev–Trinajstić information content (AvgIpc) is 2.67. The Morgan fingerprint density at radius 2 is 1.75 bits per heavy atom. The maximum absolute atomic E-state index is 12.7. The highest BCUT2D eigenvalue weighted by Gasteiger charge is 2.15. The van der Waals surface area contributed by atoms with Crippen molar-refractivity contribution in [3.05, 3.63) is 82.1 Å². The van der Waals surface area contributed by atoms with Crippen molar-refractivity contribution in [1.82, 2.24) is 10.3 Å². The van der Waals surface area contributed by atoms with E-state index in [0.29, 0.717) is 17.7 Å². The van der Waals surface area contributed by atoms with E-state index in [1.807, 2.05) is 43.3 Å². The van der Waals surface area contributed by atoms with E-state index < -0.39 is 9.84 Å². The molecule has 1 N–H and O–H groups in total. The fourth-order valence-electron chi connectivity index (χ4n) is 2.64. The van der Waals surface area contributed by atoms with Crippen molar-refractivity contribution in [2.45, 2.75) is 18.4 Å². The van der Waals surface area contributed by atoms with Gasteiger partial charge in [0.05, 0.1) is 4.90 Å². The van der Waals surface area contributed by atoms with Gasteiger partial charge in [-0.25, -0.2) is 8.42 Å². The van der Waals surface area contributed by atoms with Gasteiger partial charge < -0.3 is 5.32 Å². The number of aryl methyl sites for hydroxylation is 1. The fraction of sp³-hybridized carbons (Fsp3) is 0.143. The van der Waals surface area contributed by atoms with Crippen LogP contribution in [0, 0.1) is 6.92 Å². The monoisotopic (exact) mass is 458 g/mol. The molecule has 0 atom stereocenters. The normalized spacial score (nSPS) is 11.2. The van der Waals surface area contributed by atoms with Crippen LogP contribution in [-0.4, -0.2) is 25.6 Å². The Hall–Kier alpha value is -2.51. The minimum atomic E-state index is -3.47. The minimum Gasteiger partial charge on any atom is -0.348 e. The van der Waals surface area contributed by atoms with Crippen LogP contribution < -0.4 is 5.32 Å². The summed E-state index contributed by atoms with van der Waals surface area (Å²) in [5.74, 6) is -0.343. The third-order valence-electron chi connectivity index (χ3n) is 4.20. The number of benzene rings is 2. The van der Waals surface area contributed by atoms with Crippen molar-refractivity contribution in [2.24, 2.45) is 0 Å². The van der Waals surface area contributed by atoms with Crippen LogP contribution in [0.1, 0.15) is 21.6 Å². The second kappa shape index (κ2) is 8.24. The molecule has 2 aromatic carbocycles. The number of carbonyl (C=O) groups is 1. The number of pyridine rings is 1. The predicted molar refractivity (Wildman–Crippen MR) is 113 cm³/mol. The molecule has 0 fully saturated rings. The summed E-state index contributed by atoms with van der Waals surface area (Å²) in [6, 6.07) is 15.9. The van der Waals surface area contributed by atoms with Gasteiger partial charge in [-0.2, -0.15) is 0 Å². The summed E-state index contributed by atoms with van der Waals surface area (Å²) in [6.45, 7) is 2.20. The Balaban J connectivity index is 1.92. The second-order valence-electron chi connectivity index (χ2n) is 6.52. The molecule has 0 radical (unpaired) electrons. The zero-order valence-electron chi connectivity index (χ0n) is 15.4. The molecule has 0 saturated heterocycles. The molecule has 144 valence electrons. The Morgan fingerprint density at radius 1 is 1.04 bits per heavy atom. The van der Waals surface area contributed by atoms with E-state index in [-0.39, 0.29) is 10.8 Å². The molecular formula is C21H19BrN2O3S.